The summed E-state index contributed by atoms with van der Waals surface area (Å²) in [5.74, 6) is 2.54. The molecule has 1 saturated heterocycles. The lowest BCUT2D eigenvalue weighted by Gasteiger charge is -2.28. The van der Waals surface area contributed by atoms with E-state index in [-0.39, 0.29) is 0 Å². The van der Waals surface area contributed by atoms with Crippen molar-refractivity contribution in [1.29, 1.82) is 0 Å². The Balaban J connectivity index is 2.10. The Morgan fingerprint density at radius 1 is 1.56 bits per heavy atom. The summed E-state index contributed by atoms with van der Waals surface area (Å²) in [6, 6.07) is 3.32. The van der Waals surface area contributed by atoms with Gasteiger partial charge in [0.15, 0.2) is 0 Å². The van der Waals surface area contributed by atoms with Crippen LogP contribution in [0.3, 0.4) is 0 Å². The highest BCUT2D eigenvalue weighted by Crippen LogP contribution is 2.27. The fourth-order valence-electron chi connectivity index (χ4n) is 2.24. The third-order valence-corrected chi connectivity index (χ3v) is 4.56. The van der Waals surface area contributed by atoms with Gasteiger partial charge in [-0.3, -0.25) is 4.98 Å². The molecule has 2 heterocycles. The van der Waals surface area contributed by atoms with E-state index in [1.54, 1.807) is 0 Å². The average molecular weight is 265 g/mol. The predicted molar refractivity (Wildman–Crippen MR) is 80.3 cm³/mol. The van der Waals surface area contributed by atoms with Gasteiger partial charge in [-0.1, -0.05) is 13.8 Å². The predicted octanol–water partition coefficient (Wildman–Crippen LogP) is 2.52. The van der Waals surface area contributed by atoms with Crippen molar-refractivity contribution in [3.05, 3.63) is 24.0 Å². The number of rotatable bonds is 5. The summed E-state index contributed by atoms with van der Waals surface area (Å²) in [6.45, 7) is 5.24. The maximum Gasteiger partial charge on any atom is 0.0443 e. The molecule has 0 spiro atoms. The van der Waals surface area contributed by atoms with Gasteiger partial charge in [-0.15, -0.1) is 0 Å². The van der Waals surface area contributed by atoms with E-state index in [2.05, 4.69) is 53.9 Å². The van der Waals surface area contributed by atoms with E-state index in [1.165, 1.54) is 29.2 Å². The van der Waals surface area contributed by atoms with Gasteiger partial charge in [0.25, 0.3) is 0 Å². The molecule has 0 saturated carbocycles. The van der Waals surface area contributed by atoms with Gasteiger partial charge in [0.05, 0.1) is 0 Å². The zero-order chi connectivity index (χ0) is 13.0. The first kappa shape index (κ1) is 13.7. The Morgan fingerprint density at radius 3 is 3.06 bits per heavy atom. The van der Waals surface area contributed by atoms with E-state index in [0.29, 0.717) is 12.1 Å². The fraction of sp³-hybridized carbons (Fsp3) is 0.643. The lowest BCUT2D eigenvalue weighted by atomic mass is 10.1. The quantitative estimate of drug-likeness (QED) is 0.885. The van der Waals surface area contributed by atoms with E-state index in [4.69, 9.17) is 0 Å². The minimum Gasteiger partial charge on any atom is -0.370 e. The topological polar surface area (TPSA) is 28.2 Å². The minimum absolute atomic E-state index is 0.505. The molecule has 0 amide bonds. The van der Waals surface area contributed by atoms with Gasteiger partial charge in [-0.05, 0) is 18.2 Å². The number of anilines is 1. The summed E-state index contributed by atoms with van der Waals surface area (Å²) >= 11 is 2.06. The Morgan fingerprint density at radius 2 is 2.39 bits per heavy atom. The number of pyridine rings is 1. The molecule has 0 aromatic carbocycles. The smallest absolute Gasteiger partial charge is 0.0443 e. The van der Waals surface area contributed by atoms with Gasteiger partial charge in [0.1, 0.15) is 0 Å². The van der Waals surface area contributed by atoms with Crippen LogP contribution in [0.1, 0.15) is 25.8 Å². The lowest BCUT2D eigenvalue weighted by Crippen LogP contribution is -2.33. The highest BCUT2D eigenvalue weighted by Gasteiger charge is 2.21. The number of hydrogen-bond acceptors (Lipinski definition) is 4. The molecular weight excluding hydrogens is 242 g/mol. The molecule has 0 bridgehead atoms. The summed E-state index contributed by atoms with van der Waals surface area (Å²) in [5.41, 5.74) is 2.62. The Hall–Kier alpha value is -0.740. The highest BCUT2D eigenvalue weighted by molar-refractivity contribution is 7.99. The van der Waals surface area contributed by atoms with Crippen LogP contribution in [0.25, 0.3) is 0 Å². The van der Waals surface area contributed by atoms with Crippen LogP contribution >= 0.6 is 11.8 Å². The molecule has 4 heteroatoms. The molecule has 1 atom stereocenters. The second-order valence-electron chi connectivity index (χ2n) is 5.17. The number of hydrogen-bond donors (Lipinski definition) is 1. The average Bonchev–Trinajstić information content (AvgIpc) is 2.89. The van der Waals surface area contributed by atoms with Crippen LogP contribution < -0.4 is 10.2 Å². The van der Waals surface area contributed by atoms with Crippen molar-refractivity contribution in [2.75, 3.05) is 23.5 Å². The Kier molecular flexibility index (Phi) is 4.89. The molecule has 0 radical (unpaired) electrons. The Bertz CT molecular complexity index is 375. The van der Waals surface area contributed by atoms with Crippen molar-refractivity contribution in [2.24, 2.45) is 0 Å². The van der Waals surface area contributed by atoms with E-state index < -0.39 is 0 Å². The molecule has 1 N–H and O–H groups in total. The first-order valence-corrected chi connectivity index (χ1v) is 7.81. The fourth-order valence-corrected chi connectivity index (χ4v) is 3.51. The summed E-state index contributed by atoms with van der Waals surface area (Å²) in [5, 5.41) is 3.48. The number of nitrogens with zero attached hydrogens (tertiary/aromatic N) is 2. The van der Waals surface area contributed by atoms with E-state index in [1.807, 2.05) is 12.4 Å². The Labute approximate surface area is 114 Å². The third-order valence-electron chi connectivity index (χ3n) is 3.41. The molecule has 1 aliphatic heterocycles. The molecule has 18 heavy (non-hydrogen) atoms. The molecule has 3 nitrogen and oxygen atoms in total. The normalized spacial score (nSPS) is 19.4. The third kappa shape index (κ3) is 3.39. The van der Waals surface area contributed by atoms with Gasteiger partial charge >= 0.3 is 0 Å². The largest absolute Gasteiger partial charge is 0.370 e. The number of nitrogens with one attached hydrogen (secondary N) is 1. The van der Waals surface area contributed by atoms with Crippen molar-refractivity contribution < 1.29 is 0 Å². The van der Waals surface area contributed by atoms with Gasteiger partial charge in [0.2, 0.25) is 0 Å². The zero-order valence-electron chi connectivity index (χ0n) is 11.5. The van der Waals surface area contributed by atoms with Gasteiger partial charge in [-0.2, -0.15) is 11.8 Å². The molecule has 1 aliphatic rings. The second-order valence-corrected chi connectivity index (χ2v) is 6.32. The summed E-state index contributed by atoms with van der Waals surface area (Å²) < 4.78 is 0. The van der Waals surface area contributed by atoms with Crippen molar-refractivity contribution in [3.63, 3.8) is 0 Å². The van der Waals surface area contributed by atoms with E-state index in [0.717, 1.165) is 6.54 Å². The van der Waals surface area contributed by atoms with Crippen LogP contribution in [0.15, 0.2) is 18.5 Å². The van der Waals surface area contributed by atoms with Crippen LogP contribution in [0, 0.1) is 0 Å². The molecule has 1 aromatic rings. The SMILES string of the molecule is CC(C)NCc1cnccc1N(C)C1CCSC1. The monoisotopic (exact) mass is 265 g/mol. The number of thioether (sulfide) groups is 1. The van der Waals surface area contributed by atoms with Crippen LogP contribution in [-0.4, -0.2) is 35.6 Å². The van der Waals surface area contributed by atoms with Crippen molar-refractivity contribution in [3.8, 4) is 0 Å². The van der Waals surface area contributed by atoms with Gasteiger partial charge in [-0.25, -0.2) is 0 Å². The molecule has 100 valence electrons. The zero-order valence-corrected chi connectivity index (χ0v) is 12.3. The minimum atomic E-state index is 0.505. The van der Waals surface area contributed by atoms with Crippen LogP contribution in [0.5, 0.6) is 0 Å². The summed E-state index contributed by atoms with van der Waals surface area (Å²) in [7, 11) is 2.21. The van der Waals surface area contributed by atoms with Crippen LogP contribution in [-0.2, 0) is 6.54 Å². The number of aromatic nitrogens is 1. The summed E-state index contributed by atoms with van der Waals surface area (Å²) in [6.07, 6.45) is 5.18. The van der Waals surface area contributed by atoms with Gasteiger partial charge < -0.3 is 10.2 Å². The second kappa shape index (κ2) is 6.43. The lowest BCUT2D eigenvalue weighted by molar-refractivity contribution is 0.585. The van der Waals surface area contributed by atoms with Crippen molar-refractivity contribution in [1.82, 2.24) is 10.3 Å². The standard InChI is InChI=1S/C14H23N3S/c1-11(2)16-9-12-8-15-6-4-14(12)17(3)13-5-7-18-10-13/h4,6,8,11,13,16H,5,7,9-10H2,1-3H3. The molecular formula is C14H23N3S. The molecule has 0 aliphatic carbocycles. The molecule has 2 rings (SSSR count). The maximum absolute atomic E-state index is 4.26. The first-order valence-electron chi connectivity index (χ1n) is 6.65. The maximum atomic E-state index is 4.26. The van der Waals surface area contributed by atoms with Crippen LogP contribution in [0.4, 0.5) is 5.69 Å². The molecule has 1 unspecified atom stereocenters. The first-order chi connectivity index (χ1) is 8.68. The van der Waals surface area contributed by atoms with Crippen LogP contribution in [0.2, 0.25) is 0 Å². The highest BCUT2D eigenvalue weighted by atomic mass is 32.2. The van der Waals surface area contributed by atoms with E-state index in [9.17, 15) is 0 Å². The van der Waals surface area contributed by atoms with Gasteiger partial charge in [0, 0.05) is 55.1 Å². The molecule has 1 fully saturated rings. The van der Waals surface area contributed by atoms with Crippen molar-refractivity contribution >= 4 is 17.4 Å². The summed E-state index contributed by atoms with van der Waals surface area (Å²) in [4.78, 5) is 6.69. The van der Waals surface area contributed by atoms with Crippen molar-refractivity contribution in [2.45, 2.75) is 38.9 Å². The van der Waals surface area contributed by atoms with E-state index >= 15 is 0 Å². The molecule has 1 aromatic heterocycles.